The average molecular weight is 371 g/mol. The minimum Gasteiger partial charge on any atom is -0.421 e. The summed E-state index contributed by atoms with van der Waals surface area (Å²) in [7, 11) is 1.80. The number of pyridine rings is 1. The number of benzene rings is 1. The van der Waals surface area contributed by atoms with Crippen LogP contribution in [0.15, 0.2) is 53.2 Å². The van der Waals surface area contributed by atoms with Crippen molar-refractivity contribution in [1.29, 1.82) is 0 Å². The zero-order valence-electron chi connectivity index (χ0n) is 14.4. The third kappa shape index (κ3) is 4.89. The predicted molar refractivity (Wildman–Crippen MR) is 98.6 cm³/mol. The van der Waals surface area contributed by atoms with Crippen LogP contribution in [0.3, 0.4) is 0 Å². The van der Waals surface area contributed by atoms with Gasteiger partial charge in [0.1, 0.15) is 0 Å². The highest BCUT2D eigenvalue weighted by molar-refractivity contribution is 6.30. The fraction of sp³-hybridized carbons (Fsp3) is 0.263. The standard InChI is InChI=1S/C19H19ClN4O2/c1-24(13-10-14-8-11-21-12-9-14)18(25)7-6-17-22-23-19(26-17)15-2-4-16(20)5-3-15/h2-5,8-9,11-12H,6-7,10,13H2,1H3. The molecule has 3 aromatic rings. The highest BCUT2D eigenvalue weighted by Crippen LogP contribution is 2.20. The lowest BCUT2D eigenvalue weighted by atomic mass is 10.2. The van der Waals surface area contributed by atoms with Gasteiger partial charge in [-0.15, -0.1) is 10.2 Å². The van der Waals surface area contributed by atoms with Crippen LogP contribution in [0.4, 0.5) is 0 Å². The van der Waals surface area contributed by atoms with E-state index in [1.54, 1.807) is 36.5 Å². The molecule has 26 heavy (non-hydrogen) atoms. The number of aromatic nitrogens is 3. The Kier molecular flexibility index (Phi) is 5.96. The zero-order valence-corrected chi connectivity index (χ0v) is 15.2. The molecule has 0 radical (unpaired) electrons. The first-order valence-corrected chi connectivity index (χ1v) is 8.71. The van der Waals surface area contributed by atoms with Crippen LogP contribution in [-0.4, -0.2) is 39.6 Å². The summed E-state index contributed by atoms with van der Waals surface area (Å²) in [6, 6.07) is 11.1. The second-order valence-electron chi connectivity index (χ2n) is 5.93. The van der Waals surface area contributed by atoms with E-state index in [1.165, 1.54) is 0 Å². The van der Waals surface area contributed by atoms with Gasteiger partial charge < -0.3 is 9.32 Å². The minimum atomic E-state index is 0.0466. The molecule has 0 saturated carbocycles. The Balaban J connectivity index is 1.49. The van der Waals surface area contributed by atoms with E-state index in [0.29, 0.717) is 36.2 Å². The molecule has 3 rings (SSSR count). The van der Waals surface area contributed by atoms with E-state index in [9.17, 15) is 4.79 Å². The summed E-state index contributed by atoms with van der Waals surface area (Å²) in [4.78, 5) is 18.0. The van der Waals surface area contributed by atoms with Crippen LogP contribution >= 0.6 is 11.6 Å². The van der Waals surface area contributed by atoms with Crippen LogP contribution in [0.2, 0.25) is 5.02 Å². The number of aryl methyl sites for hydroxylation is 1. The van der Waals surface area contributed by atoms with Crippen molar-refractivity contribution in [1.82, 2.24) is 20.1 Å². The maximum Gasteiger partial charge on any atom is 0.247 e. The number of hydrogen-bond acceptors (Lipinski definition) is 5. The van der Waals surface area contributed by atoms with Crippen molar-refractivity contribution in [3.8, 4) is 11.5 Å². The van der Waals surface area contributed by atoms with Gasteiger partial charge >= 0.3 is 0 Å². The van der Waals surface area contributed by atoms with E-state index in [4.69, 9.17) is 16.0 Å². The summed E-state index contributed by atoms with van der Waals surface area (Å²) >= 11 is 5.87. The summed E-state index contributed by atoms with van der Waals surface area (Å²) in [5.41, 5.74) is 1.96. The average Bonchev–Trinajstić information content (AvgIpc) is 3.14. The molecule has 0 aliphatic carbocycles. The van der Waals surface area contributed by atoms with Gasteiger partial charge in [0.2, 0.25) is 17.7 Å². The second kappa shape index (κ2) is 8.58. The number of rotatable bonds is 7. The highest BCUT2D eigenvalue weighted by Gasteiger charge is 2.13. The van der Waals surface area contributed by atoms with Gasteiger partial charge in [0.15, 0.2) is 0 Å². The van der Waals surface area contributed by atoms with Crippen LogP contribution in [0.1, 0.15) is 17.9 Å². The Bertz CT molecular complexity index is 849. The Morgan fingerprint density at radius 3 is 2.54 bits per heavy atom. The number of carbonyl (C=O) groups is 1. The van der Waals surface area contributed by atoms with Crippen molar-refractivity contribution in [2.24, 2.45) is 0 Å². The van der Waals surface area contributed by atoms with Gasteiger partial charge in [0, 0.05) is 49.4 Å². The van der Waals surface area contributed by atoms with Crippen LogP contribution in [0.5, 0.6) is 0 Å². The quantitative estimate of drug-likeness (QED) is 0.637. The summed E-state index contributed by atoms with van der Waals surface area (Å²) in [5, 5.41) is 8.68. The van der Waals surface area contributed by atoms with Crippen molar-refractivity contribution in [2.45, 2.75) is 19.3 Å². The molecular weight excluding hydrogens is 352 g/mol. The van der Waals surface area contributed by atoms with E-state index in [2.05, 4.69) is 15.2 Å². The molecule has 0 fully saturated rings. The number of amides is 1. The SMILES string of the molecule is CN(CCc1ccncc1)C(=O)CCc1nnc(-c2ccc(Cl)cc2)o1. The molecule has 0 unspecified atom stereocenters. The number of hydrogen-bond donors (Lipinski definition) is 0. The van der Waals surface area contributed by atoms with E-state index in [-0.39, 0.29) is 5.91 Å². The third-order valence-corrected chi connectivity index (χ3v) is 4.27. The fourth-order valence-corrected chi connectivity index (χ4v) is 2.57. The Morgan fingerprint density at radius 2 is 1.81 bits per heavy atom. The largest absolute Gasteiger partial charge is 0.421 e. The molecule has 0 N–H and O–H groups in total. The molecule has 0 aliphatic rings. The number of nitrogens with zero attached hydrogens (tertiary/aromatic N) is 4. The first-order chi connectivity index (χ1) is 12.6. The monoisotopic (exact) mass is 370 g/mol. The zero-order chi connectivity index (χ0) is 18.4. The van der Waals surface area contributed by atoms with Gasteiger partial charge in [-0.1, -0.05) is 11.6 Å². The maximum absolute atomic E-state index is 12.3. The smallest absolute Gasteiger partial charge is 0.247 e. The summed E-state index contributed by atoms with van der Waals surface area (Å²) < 4.78 is 5.63. The molecule has 1 amide bonds. The first-order valence-electron chi connectivity index (χ1n) is 8.33. The van der Waals surface area contributed by atoms with Gasteiger partial charge in [0.25, 0.3) is 0 Å². The lowest BCUT2D eigenvalue weighted by Crippen LogP contribution is -2.29. The van der Waals surface area contributed by atoms with E-state index >= 15 is 0 Å². The van der Waals surface area contributed by atoms with Crippen molar-refractivity contribution < 1.29 is 9.21 Å². The molecule has 0 saturated heterocycles. The Labute approximate surface area is 156 Å². The van der Waals surface area contributed by atoms with Crippen molar-refractivity contribution >= 4 is 17.5 Å². The van der Waals surface area contributed by atoms with Crippen LogP contribution in [0, 0.1) is 0 Å². The number of carbonyl (C=O) groups excluding carboxylic acids is 1. The lowest BCUT2D eigenvalue weighted by molar-refractivity contribution is -0.129. The third-order valence-electron chi connectivity index (χ3n) is 4.02. The molecule has 0 atom stereocenters. The van der Waals surface area contributed by atoms with Crippen molar-refractivity contribution in [2.75, 3.05) is 13.6 Å². The molecule has 6 nitrogen and oxygen atoms in total. The molecule has 0 aliphatic heterocycles. The summed E-state index contributed by atoms with van der Waals surface area (Å²) in [6.07, 6.45) is 5.05. The van der Waals surface area contributed by atoms with Gasteiger partial charge in [-0.2, -0.15) is 0 Å². The summed E-state index contributed by atoms with van der Waals surface area (Å²) in [5.74, 6) is 0.922. The van der Waals surface area contributed by atoms with Gasteiger partial charge in [-0.3, -0.25) is 9.78 Å². The van der Waals surface area contributed by atoms with Gasteiger partial charge in [-0.05, 0) is 48.4 Å². The lowest BCUT2D eigenvalue weighted by Gasteiger charge is -2.16. The van der Waals surface area contributed by atoms with E-state index in [0.717, 1.165) is 17.5 Å². The van der Waals surface area contributed by atoms with E-state index < -0.39 is 0 Å². The molecule has 2 aromatic heterocycles. The highest BCUT2D eigenvalue weighted by atomic mass is 35.5. The van der Waals surface area contributed by atoms with Gasteiger partial charge in [0.05, 0.1) is 0 Å². The normalized spacial score (nSPS) is 10.7. The molecule has 134 valence electrons. The van der Waals surface area contributed by atoms with Gasteiger partial charge in [-0.25, -0.2) is 0 Å². The van der Waals surface area contributed by atoms with Crippen molar-refractivity contribution in [3.63, 3.8) is 0 Å². The number of likely N-dealkylation sites (N-methyl/N-ethyl adjacent to an activating group) is 1. The number of halogens is 1. The molecular formula is C19H19ClN4O2. The molecule has 1 aromatic carbocycles. The van der Waals surface area contributed by atoms with Crippen molar-refractivity contribution in [3.05, 3.63) is 65.3 Å². The molecule has 7 heteroatoms. The maximum atomic E-state index is 12.3. The minimum absolute atomic E-state index is 0.0466. The predicted octanol–water partition coefficient (Wildman–Crippen LogP) is 3.42. The summed E-state index contributed by atoms with van der Waals surface area (Å²) in [6.45, 7) is 0.655. The van der Waals surface area contributed by atoms with Crippen LogP contribution in [-0.2, 0) is 17.6 Å². The topological polar surface area (TPSA) is 72.1 Å². The van der Waals surface area contributed by atoms with Crippen LogP contribution < -0.4 is 0 Å². The molecule has 0 spiro atoms. The molecule has 0 bridgehead atoms. The Morgan fingerprint density at radius 1 is 1.08 bits per heavy atom. The first kappa shape index (κ1) is 18.1. The fourth-order valence-electron chi connectivity index (χ4n) is 2.44. The Hall–Kier alpha value is -2.73. The second-order valence-corrected chi connectivity index (χ2v) is 6.37. The molecule has 2 heterocycles. The van der Waals surface area contributed by atoms with Crippen LogP contribution in [0.25, 0.3) is 11.5 Å². The van der Waals surface area contributed by atoms with E-state index in [1.807, 2.05) is 24.3 Å².